The van der Waals surface area contributed by atoms with Gasteiger partial charge in [0.05, 0.1) is 12.7 Å². The smallest absolute Gasteiger partial charge is 0.407 e. The van der Waals surface area contributed by atoms with E-state index >= 15 is 0 Å². The van der Waals surface area contributed by atoms with Crippen LogP contribution in [0.3, 0.4) is 0 Å². The molecule has 1 aliphatic heterocycles. The Labute approximate surface area is 116 Å². The summed E-state index contributed by atoms with van der Waals surface area (Å²) < 4.78 is 10.8. The number of ether oxygens (including phenoxy) is 2. The van der Waals surface area contributed by atoms with Gasteiger partial charge in [0.15, 0.2) is 0 Å². The number of nitrogens with one attached hydrogen (secondary N) is 1. The van der Waals surface area contributed by atoms with Crippen LogP contribution in [-0.4, -0.2) is 34.8 Å². The van der Waals surface area contributed by atoms with Crippen molar-refractivity contribution in [1.82, 2.24) is 15.3 Å². The molecule has 0 bridgehead atoms. The highest BCUT2D eigenvalue weighted by Crippen LogP contribution is 2.29. The molecule has 2 atom stereocenters. The molecule has 2 rings (SSSR count). The van der Waals surface area contributed by atoms with E-state index in [4.69, 9.17) is 21.1 Å². The molecule has 0 spiro atoms. The fourth-order valence-electron chi connectivity index (χ4n) is 1.82. The minimum absolute atomic E-state index is 0.0512. The molecule has 2 unspecified atom stereocenters. The van der Waals surface area contributed by atoms with Crippen molar-refractivity contribution < 1.29 is 14.3 Å². The number of alkyl carbamates (subject to hydrolysis) is 1. The second-order valence-electron chi connectivity index (χ2n) is 4.67. The molecule has 1 aromatic heterocycles. The van der Waals surface area contributed by atoms with Gasteiger partial charge in [-0.1, -0.05) is 0 Å². The van der Waals surface area contributed by atoms with Crippen LogP contribution < -0.4 is 5.32 Å². The number of hydrogen-bond acceptors (Lipinski definition) is 5. The molecule has 104 valence electrons. The summed E-state index contributed by atoms with van der Waals surface area (Å²) >= 11 is 5.62. The Balaban J connectivity index is 1.86. The maximum absolute atomic E-state index is 11.5. The monoisotopic (exact) mass is 285 g/mol. The first-order valence-corrected chi connectivity index (χ1v) is 6.48. The van der Waals surface area contributed by atoms with Crippen LogP contribution in [0.5, 0.6) is 0 Å². The summed E-state index contributed by atoms with van der Waals surface area (Å²) in [5.41, 5.74) is 0.833. The van der Waals surface area contributed by atoms with E-state index in [0.29, 0.717) is 13.0 Å². The quantitative estimate of drug-likeness (QED) is 0.861. The largest absolute Gasteiger partial charge is 0.444 e. The van der Waals surface area contributed by atoms with Crippen molar-refractivity contribution >= 4 is 17.7 Å². The molecular formula is C12H16ClN3O3. The van der Waals surface area contributed by atoms with Crippen molar-refractivity contribution in [3.8, 4) is 0 Å². The van der Waals surface area contributed by atoms with Crippen LogP contribution in [0, 0.1) is 0 Å². The fraction of sp³-hybridized carbons (Fsp3) is 0.583. The number of aromatic nitrogens is 2. The molecule has 1 aliphatic rings. The van der Waals surface area contributed by atoms with Gasteiger partial charge in [0.1, 0.15) is 6.10 Å². The summed E-state index contributed by atoms with van der Waals surface area (Å²) in [5, 5.41) is 2.87. The van der Waals surface area contributed by atoms with Crippen LogP contribution in [0.15, 0.2) is 12.4 Å². The summed E-state index contributed by atoms with van der Waals surface area (Å²) in [6.07, 6.45) is 3.01. The van der Waals surface area contributed by atoms with E-state index in [-0.39, 0.29) is 23.5 Å². The minimum atomic E-state index is -0.420. The Morgan fingerprint density at radius 3 is 2.84 bits per heavy atom. The lowest BCUT2D eigenvalue weighted by atomic mass is 10.1. The first-order chi connectivity index (χ1) is 9.04. The zero-order chi connectivity index (χ0) is 13.8. The predicted molar refractivity (Wildman–Crippen MR) is 68.9 cm³/mol. The van der Waals surface area contributed by atoms with Crippen molar-refractivity contribution in [2.75, 3.05) is 6.61 Å². The molecule has 1 aromatic rings. The Kier molecular flexibility index (Phi) is 4.55. The van der Waals surface area contributed by atoms with Gasteiger partial charge in [-0.2, -0.15) is 0 Å². The molecule has 0 aromatic carbocycles. The van der Waals surface area contributed by atoms with Crippen LogP contribution in [0.25, 0.3) is 0 Å². The number of amides is 1. The molecule has 1 fully saturated rings. The van der Waals surface area contributed by atoms with Gasteiger partial charge in [-0.3, -0.25) is 0 Å². The molecule has 7 heteroatoms. The molecule has 0 aliphatic carbocycles. The van der Waals surface area contributed by atoms with E-state index < -0.39 is 6.09 Å². The molecule has 6 nitrogen and oxygen atoms in total. The third-order valence-electron chi connectivity index (χ3n) is 2.65. The topological polar surface area (TPSA) is 73.3 Å². The minimum Gasteiger partial charge on any atom is -0.444 e. The SMILES string of the molecule is CC(C)NC(=O)OC1COC(c2cnc(Cl)nc2)C1. The van der Waals surface area contributed by atoms with Gasteiger partial charge in [0, 0.05) is 30.4 Å². The van der Waals surface area contributed by atoms with E-state index in [9.17, 15) is 4.79 Å². The summed E-state index contributed by atoms with van der Waals surface area (Å²) in [6.45, 7) is 4.12. The van der Waals surface area contributed by atoms with E-state index in [2.05, 4.69) is 15.3 Å². The van der Waals surface area contributed by atoms with Crippen molar-refractivity contribution in [2.24, 2.45) is 0 Å². The Morgan fingerprint density at radius 2 is 2.21 bits per heavy atom. The van der Waals surface area contributed by atoms with E-state index in [1.807, 2.05) is 13.8 Å². The number of carbonyl (C=O) groups is 1. The normalized spacial score (nSPS) is 22.5. The van der Waals surface area contributed by atoms with Gasteiger partial charge in [0.25, 0.3) is 0 Å². The third-order valence-corrected chi connectivity index (χ3v) is 2.85. The zero-order valence-corrected chi connectivity index (χ0v) is 11.6. The zero-order valence-electron chi connectivity index (χ0n) is 10.8. The maximum Gasteiger partial charge on any atom is 0.407 e. The summed E-state index contributed by atoms with van der Waals surface area (Å²) in [7, 11) is 0. The summed E-state index contributed by atoms with van der Waals surface area (Å²) in [4.78, 5) is 19.3. The Bertz CT molecular complexity index is 438. The van der Waals surface area contributed by atoms with Gasteiger partial charge >= 0.3 is 6.09 Å². The van der Waals surface area contributed by atoms with Crippen LogP contribution in [0.1, 0.15) is 31.9 Å². The van der Waals surface area contributed by atoms with Gasteiger partial charge in [0.2, 0.25) is 5.28 Å². The van der Waals surface area contributed by atoms with Gasteiger partial charge < -0.3 is 14.8 Å². The summed E-state index contributed by atoms with van der Waals surface area (Å²) in [6, 6.07) is 0.0512. The Hall–Kier alpha value is -1.40. The van der Waals surface area contributed by atoms with E-state index in [1.165, 1.54) is 0 Å². The molecule has 1 amide bonds. The molecule has 0 radical (unpaired) electrons. The van der Waals surface area contributed by atoms with E-state index in [1.54, 1.807) is 12.4 Å². The lowest BCUT2D eigenvalue weighted by molar-refractivity contribution is 0.0690. The number of halogens is 1. The van der Waals surface area contributed by atoms with Gasteiger partial charge in [-0.05, 0) is 25.4 Å². The van der Waals surface area contributed by atoms with Gasteiger partial charge in [-0.25, -0.2) is 14.8 Å². The van der Waals surface area contributed by atoms with Crippen LogP contribution in [0.4, 0.5) is 4.79 Å². The molecular weight excluding hydrogens is 270 g/mol. The highest BCUT2D eigenvalue weighted by molar-refractivity contribution is 6.28. The lowest BCUT2D eigenvalue weighted by Crippen LogP contribution is -2.33. The highest BCUT2D eigenvalue weighted by atomic mass is 35.5. The predicted octanol–water partition coefficient (Wildman–Crippen LogP) is 2.09. The average molecular weight is 286 g/mol. The third kappa shape index (κ3) is 4.04. The first kappa shape index (κ1) is 14.0. The fourth-order valence-corrected chi connectivity index (χ4v) is 1.92. The molecule has 1 saturated heterocycles. The summed E-state index contributed by atoms with van der Waals surface area (Å²) in [5.74, 6) is 0. The molecule has 1 N–H and O–H groups in total. The van der Waals surface area contributed by atoms with Crippen molar-refractivity contribution in [1.29, 1.82) is 0 Å². The number of carbonyl (C=O) groups excluding carboxylic acids is 1. The van der Waals surface area contributed by atoms with Crippen molar-refractivity contribution in [3.63, 3.8) is 0 Å². The second-order valence-corrected chi connectivity index (χ2v) is 5.01. The standard InChI is InChI=1S/C12H16ClN3O3/c1-7(2)16-12(17)19-9-3-10(18-6-9)8-4-14-11(13)15-5-8/h4-5,7,9-10H,3,6H2,1-2H3,(H,16,17). The van der Waals surface area contributed by atoms with Crippen LogP contribution in [-0.2, 0) is 9.47 Å². The highest BCUT2D eigenvalue weighted by Gasteiger charge is 2.30. The van der Waals surface area contributed by atoms with Crippen LogP contribution >= 0.6 is 11.6 Å². The van der Waals surface area contributed by atoms with E-state index in [0.717, 1.165) is 5.56 Å². The number of hydrogen-bond donors (Lipinski definition) is 1. The Morgan fingerprint density at radius 1 is 1.53 bits per heavy atom. The number of nitrogens with zero attached hydrogens (tertiary/aromatic N) is 2. The lowest BCUT2D eigenvalue weighted by Gasteiger charge is -2.13. The van der Waals surface area contributed by atoms with Crippen LogP contribution in [0.2, 0.25) is 5.28 Å². The first-order valence-electron chi connectivity index (χ1n) is 6.11. The molecule has 19 heavy (non-hydrogen) atoms. The number of rotatable bonds is 3. The average Bonchev–Trinajstić information content (AvgIpc) is 2.77. The van der Waals surface area contributed by atoms with Gasteiger partial charge in [-0.15, -0.1) is 0 Å². The molecule has 2 heterocycles. The van der Waals surface area contributed by atoms with Crippen molar-refractivity contribution in [2.45, 2.75) is 38.5 Å². The molecule has 0 saturated carbocycles. The second kappa shape index (κ2) is 6.16. The maximum atomic E-state index is 11.5. The van der Waals surface area contributed by atoms with Crippen molar-refractivity contribution in [3.05, 3.63) is 23.2 Å².